The molecule has 3 rings (SSSR count). The highest BCUT2D eigenvalue weighted by Crippen LogP contribution is 2.32. The molecule has 2 fully saturated rings. The lowest BCUT2D eigenvalue weighted by Gasteiger charge is -2.28. The molecule has 130 valence electrons. The second-order valence-corrected chi connectivity index (χ2v) is 8.34. The number of amides is 1. The van der Waals surface area contributed by atoms with Crippen LogP contribution in [0, 0.1) is 5.21 Å². The molecule has 0 spiro atoms. The summed E-state index contributed by atoms with van der Waals surface area (Å²) in [6.45, 7) is -0.432. The summed E-state index contributed by atoms with van der Waals surface area (Å²) in [6.07, 6.45) is 4.45. The van der Waals surface area contributed by atoms with Gasteiger partial charge in [0.2, 0.25) is 0 Å². The molecule has 2 aliphatic rings. The molecule has 0 N–H and O–H groups in total. The standard InChI is InChI=1S/C15H18N2O6S/c18-14(9-23-15(19)11-3-6-16(20)7-4-11)17(12-1-2-12)13-5-8-24(21,22)10-13/h3-4,6-7,12-13H,1-2,5,8-10H2/t13-/m1/s1. The van der Waals surface area contributed by atoms with E-state index in [0.717, 1.165) is 25.2 Å². The molecular weight excluding hydrogens is 336 g/mol. The number of hydrogen-bond acceptors (Lipinski definition) is 6. The predicted molar refractivity (Wildman–Crippen MR) is 82.6 cm³/mol. The topological polar surface area (TPSA) is 108 Å². The highest BCUT2D eigenvalue weighted by molar-refractivity contribution is 7.91. The Morgan fingerprint density at radius 3 is 2.42 bits per heavy atom. The first-order valence-electron chi connectivity index (χ1n) is 7.73. The van der Waals surface area contributed by atoms with Gasteiger partial charge in [0.15, 0.2) is 28.8 Å². The summed E-state index contributed by atoms with van der Waals surface area (Å²) < 4.78 is 28.8. The monoisotopic (exact) mass is 354 g/mol. The highest BCUT2D eigenvalue weighted by atomic mass is 32.2. The van der Waals surface area contributed by atoms with Crippen molar-refractivity contribution in [1.29, 1.82) is 0 Å². The molecule has 1 aliphatic heterocycles. The van der Waals surface area contributed by atoms with Crippen LogP contribution in [0.3, 0.4) is 0 Å². The Labute approximate surface area is 139 Å². The van der Waals surface area contributed by atoms with Gasteiger partial charge in [-0.15, -0.1) is 0 Å². The number of aromatic nitrogens is 1. The van der Waals surface area contributed by atoms with Crippen LogP contribution in [0.5, 0.6) is 0 Å². The lowest BCUT2D eigenvalue weighted by Crippen LogP contribution is -2.44. The Balaban J connectivity index is 1.60. The van der Waals surface area contributed by atoms with Crippen LogP contribution in [0.25, 0.3) is 0 Å². The second kappa shape index (κ2) is 6.39. The third kappa shape index (κ3) is 3.84. The van der Waals surface area contributed by atoms with E-state index in [1.165, 1.54) is 12.1 Å². The summed E-state index contributed by atoms with van der Waals surface area (Å²) in [5.74, 6) is -1.00. The molecule has 1 aromatic rings. The van der Waals surface area contributed by atoms with Crippen LogP contribution in [-0.2, 0) is 19.4 Å². The van der Waals surface area contributed by atoms with Crippen LogP contribution in [-0.4, -0.2) is 55.4 Å². The molecule has 0 radical (unpaired) electrons. The number of esters is 1. The molecule has 1 saturated heterocycles. The molecule has 1 atom stereocenters. The predicted octanol–water partition coefficient (Wildman–Crippen LogP) is -0.345. The largest absolute Gasteiger partial charge is 0.619 e. The minimum absolute atomic E-state index is 0.0224. The molecule has 2 heterocycles. The SMILES string of the molecule is O=C(OCC(=O)N(C1CC1)[C@@H]1CCS(=O)(=O)C1)c1cc[n+]([O-])cc1. The maximum atomic E-state index is 12.4. The van der Waals surface area contributed by atoms with Crippen molar-refractivity contribution in [2.45, 2.75) is 31.3 Å². The maximum Gasteiger partial charge on any atom is 0.339 e. The van der Waals surface area contributed by atoms with Crippen LogP contribution in [0.1, 0.15) is 29.6 Å². The van der Waals surface area contributed by atoms with E-state index in [4.69, 9.17) is 4.74 Å². The Hall–Kier alpha value is -2.16. The maximum absolute atomic E-state index is 12.4. The number of nitrogens with zero attached hydrogens (tertiary/aromatic N) is 2. The molecule has 0 bridgehead atoms. The fourth-order valence-corrected chi connectivity index (χ4v) is 4.60. The molecule has 0 unspecified atom stereocenters. The fourth-order valence-electron chi connectivity index (χ4n) is 2.89. The molecule has 1 amide bonds. The van der Waals surface area contributed by atoms with Crippen molar-refractivity contribution >= 4 is 21.7 Å². The average molecular weight is 354 g/mol. The van der Waals surface area contributed by atoms with Gasteiger partial charge >= 0.3 is 5.97 Å². The first-order chi connectivity index (χ1) is 11.4. The molecule has 8 nitrogen and oxygen atoms in total. The van der Waals surface area contributed by atoms with Gasteiger partial charge in [0.1, 0.15) is 0 Å². The zero-order chi connectivity index (χ0) is 17.3. The lowest BCUT2D eigenvalue weighted by atomic mass is 10.2. The van der Waals surface area contributed by atoms with Gasteiger partial charge in [-0.05, 0) is 19.3 Å². The lowest BCUT2D eigenvalue weighted by molar-refractivity contribution is -0.605. The Bertz CT molecular complexity index is 742. The van der Waals surface area contributed by atoms with E-state index in [0.29, 0.717) is 11.2 Å². The smallest absolute Gasteiger partial charge is 0.339 e. The molecular formula is C15H18N2O6S. The van der Waals surface area contributed by atoms with Gasteiger partial charge in [0.05, 0.1) is 17.1 Å². The summed E-state index contributed by atoms with van der Waals surface area (Å²) >= 11 is 0. The number of carbonyl (C=O) groups is 2. The summed E-state index contributed by atoms with van der Waals surface area (Å²) in [5.41, 5.74) is 0.177. The minimum Gasteiger partial charge on any atom is -0.619 e. The Morgan fingerprint density at radius 1 is 1.21 bits per heavy atom. The molecule has 0 aromatic carbocycles. The van der Waals surface area contributed by atoms with Crippen molar-refractivity contribution in [3.05, 3.63) is 35.3 Å². The zero-order valence-electron chi connectivity index (χ0n) is 13.0. The van der Waals surface area contributed by atoms with Crippen LogP contribution in [0.2, 0.25) is 0 Å². The summed E-state index contributed by atoms with van der Waals surface area (Å²) in [7, 11) is -3.09. The van der Waals surface area contributed by atoms with Crippen LogP contribution >= 0.6 is 0 Å². The van der Waals surface area contributed by atoms with Crippen LogP contribution in [0.15, 0.2) is 24.5 Å². The van der Waals surface area contributed by atoms with Gasteiger partial charge < -0.3 is 14.8 Å². The van der Waals surface area contributed by atoms with Gasteiger partial charge in [0.25, 0.3) is 5.91 Å². The van der Waals surface area contributed by atoms with E-state index in [-0.39, 0.29) is 35.1 Å². The van der Waals surface area contributed by atoms with Crippen molar-refractivity contribution in [3.63, 3.8) is 0 Å². The van der Waals surface area contributed by atoms with E-state index in [9.17, 15) is 23.2 Å². The number of hydrogen-bond donors (Lipinski definition) is 0. The quantitative estimate of drug-likeness (QED) is 0.406. The first-order valence-corrected chi connectivity index (χ1v) is 9.55. The van der Waals surface area contributed by atoms with Gasteiger partial charge in [-0.1, -0.05) is 0 Å². The van der Waals surface area contributed by atoms with E-state index >= 15 is 0 Å². The number of carbonyl (C=O) groups excluding carboxylic acids is 2. The van der Waals surface area contributed by atoms with Crippen molar-refractivity contribution < 1.29 is 27.5 Å². The average Bonchev–Trinajstić information content (AvgIpc) is 3.29. The number of pyridine rings is 1. The van der Waals surface area contributed by atoms with Gasteiger partial charge in [0, 0.05) is 24.2 Å². The third-order valence-corrected chi connectivity index (χ3v) is 5.94. The minimum atomic E-state index is -3.09. The molecule has 1 saturated carbocycles. The van der Waals surface area contributed by atoms with Crippen molar-refractivity contribution in [2.24, 2.45) is 0 Å². The van der Waals surface area contributed by atoms with Crippen LogP contribution in [0.4, 0.5) is 0 Å². The van der Waals surface area contributed by atoms with Crippen molar-refractivity contribution in [2.75, 3.05) is 18.1 Å². The van der Waals surface area contributed by atoms with E-state index in [1.54, 1.807) is 4.90 Å². The fraction of sp³-hybridized carbons (Fsp3) is 0.533. The first kappa shape index (κ1) is 16.7. The molecule has 9 heteroatoms. The normalized spacial score (nSPS) is 22.1. The second-order valence-electron chi connectivity index (χ2n) is 6.11. The summed E-state index contributed by atoms with van der Waals surface area (Å²) in [5, 5.41) is 10.9. The number of ether oxygens (including phenoxy) is 1. The molecule has 24 heavy (non-hydrogen) atoms. The van der Waals surface area contributed by atoms with E-state index in [2.05, 4.69) is 0 Å². The number of sulfone groups is 1. The summed E-state index contributed by atoms with van der Waals surface area (Å²) in [4.78, 5) is 25.9. The van der Waals surface area contributed by atoms with Crippen molar-refractivity contribution in [1.82, 2.24) is 4.90 Å². The summed E-state index contributed by atoms with van der Waals surface area (Å²) in [6, 6.07) is 2.33. The van der Waals surface area contributed by atoms with E-state index < -0.39 is 22.4 Å². The van der Waals surface area contributed by atoms with Gasteiger partial charge in [-0.25, -0.2) is 13.2 Å². The molecule has 1 aromatic heterocycles. The van der Waals surface area contributed by atoms with Crippen LogP contribution < -0.4 is 4.73 Å². The highest BCUT2D eigenvalue weighted by Gasteiger charge is 2.42. The van der Waals surface area contributed by atoms with Gasteiger partial charge in [-0.2, -0.15) is 4.73 Å². The van der Waals surface area contributed by atoms with E-state index in [1.807, 2.05) is 0 Å². The number of rotatable bonds is 5. The van der Waals surface area contributed by atoms with Gasteiger partial charge in [-0.3, -0.25) is 4.79 Å². The molecule has 1 aliphatic carbocycles. The zero-order valence-corrected chi connectivity index (χ0v) is 13.8. The third-order valence-electron chi connectivity index (χ3n) is 4.19. The Kier molecular flexibility index (Phi) is 4.44. The van der Waals surface area contributed by atoms with Crippen molar-refractivity contribution in [3.8, 4) is 0 Å². The Morgan fingerprint density at radius 2 is 1.88 bits per heavy atom.